The maximum atomic E-state index is 12.5. The Labute approximate surface area is 160 Å². The Morgan fingerprint density at radius 1 is 1.07 bits per heavy atom. The molecule has 1 heterocycles. The molecule has 1 N–H and O–H groups in total. The van der Waals surface area contributed by atoms with Crippen LogP contribution in [0.5, 0.6) is 11.5 Å². The Bertz CT molecular complexity index is 732. The van der Waals surface area contributed by atoms with Gasteiger partial charge in [0.1, 0.15) is 0 Å². The number of ether oxygens (including phenoxy) is 2. The highest BCUT2D eigenvalue weighted by Crippen LogP contribution is 2.36. The first-order chi connectivity index (χ1) is 13.0. The zero-order valence-electron chi connectivity index (χ0n) is 16.3. The van der Waals surface area contributed by atoms with E-state index in [1.54, 1.807) is 38.5 Å². The predicted molar refractivity (Wildman–Crippen MR) is 103 cm³/mol. The Morgan fingerprint density at radius 3 is 2.33 bits per heavy atom. The number of carbonyl (C=O) groups is 2. The average Bonchev–Trinajstić information content (AvgIpc) is 3.53. The van der Waals surface area contributed by atoms with E-state index < -0.39 is 0 Å². The number of nitrogens with one attached hydrogen (secondary N) is 1. The van der Waals surface area contributed by atoms with Gasteiger partial charge in [0.2, 0.25) is 5.91 Å². The van der Waals surface area contributed by atoms with Crippen molar-refractivity contribution in [3.63, 3.8) is 0 Å². The van der Waals surface area contributed by atoms with Crippen molar-refractivity contribution >= 4 is 11.8 Å². The molecule has 27 heavy (non-hydrogen) atoms. The smallest absolute Gasteiger partial charge is 0.251 e. The minimum Gasteiger partial charge on any atom is -0.493 e. The standard InChI is InChI=1S/C21H28N2O4/c1-14(15-4-5-15)12-20(24)23-10-8-17(9-11-23)22-21(25)16-6-7-18(26-2)19(13-16)27-3/h6-7,12-13,15,17H,4-5,8-11H2,1-3H3,(H,22,25)/b14-12+. The summed E-state index contributed by atoms with van der Waals surface area (Å²) >= 11 is 0. The third-order valence-electron chi connectivity index (χ3n) is 5.36. The summed E-state index contributed by atoms with van der Waals surface area (Å²) in [6.07, 6.45) is 5.74. The van der Waals surface area contributed by atoms with Crippen molar-refractivity contribution in [1.29, 1.82) is 0 Å². The van der Waals surface area contributed by atoms with Crippen LogP contribution in [-0.2, 0) is 4.79 Å². The third-order valence-corrected chi connectivity index (χ3v) is 5.36. The number of allylic oxidation sites excluding steroid dienone is 1. The van der Waals surface area contributed by atoms with Crippen LogP contribution in [0.15, 0.2) is 29.8 Å². The monoisotopic (exact) mass is 372 g/mol. The summed E-state index contributed by atoms with van der Waals surface area (Å²) in [6.45, 7) is 3.39. The van der Waals surface area contributed by atoms with Crippen LogP contribution >= 0.6 is 0 Å². The number of likely N-dealkylation sites (tertiary alicyclic amines) is 1. The van der Waals surface area contributed by atoms with Crippen LogP contribution in [0.25, 0.3) is 0 Å². The van der Waals surface area contributed by atoms with Gasteiger partial charge >= 0.3 is 0 Å². The molecule has 0 spiro atoms. The van der Waals surface area contributed by atoms with Gasteiger partial charge in [0.05, 0.1) is 14.2 Å². The number of hydrogen-bond acceptors (Lipinski definition) is 4. The summed E-state index contributed by atoms with van der Waals surface area (Å²) in [5.74, 6) is 1.71. The van der Waals surface area contributed by atoms with E-state index in [2.05, 4.69) is 5.32 Å². The van der Waals surface area contributed by atoms with Crippen molar-refractivity contribution < 1.29 is 19.1 Å². The molecule has 1 aliphatic heterocycles. The maximum Gasteiger partial charge on any atom is 0.251 e. The van der Waals surface area contributed by atoms with E-state index in [1.807, 2.05) is 11.8 Å². The molecule has 2 aliphatic rings. The van der Waals surface area contributed by atoms with Gasteiger partial charge in [-0.1, -0.05) is 5.57 Å². The maximum absolute atomic E-state index is 12.5. The van der Waals surface area contributed by atoms with Gasteiger partial charge in [-0.05, 0) is 56.7 Å². The summed E-state index contributed by atoms with van der Waals surface area (Å²) in [4.78, 5) is 26.8. The molecule has 2 amide bonds. The van der Waals surface area contributed by atoms with Crippen molar-refractivity contribution in [1.82, 2.24) is 10.2 Å². The summed E-state index contributed by atoms with van der Waals surface area (Å²) in [6, 6.07) is 5.20. The normalized spacial score (nSPS) is 18.2. The third kappa shape index (κ3) is 4.81. The van der Waals surface area contributed by atoms with Crippen molar-refractivity contribution in [2.45, 2.75) is 38.6 Å². The Kier molecular flexibility index (Phi) is 6.04. The highest BCUT2D eigenvalue weighted by molar-refractivity contribution is 5.95. The molecular formula is C21H28N2O4. The second kappa shape index (κ2) is 8.46. The molecule has 1 saturated carbocycles. The molecule has 0 unspecified atom stereocenters. The van der Waals surface area contributed by atoms with Crippen LogP contribution in [0.2, 0.25) is 0 Å². The van der Waals surface area contributed by atoms with E-state index in [0.717, 1.165) is 12.8 Å². The molecule has 0 aromatic heterocycles. The van der Waals surface area contributed by atoms with Crippen molar-refractivity contribution in [2.24, 2.45) is 5.92 Å². The van der Waals surface area contributed by atoms with Crippen LogP contribution in [-0.4, -0.2) is 50.1 Å². The summed E-state index contributed by atoms with van der Waals surface area (Å²) in [5.41, 5.74) is 1.73. The summed E-state index contributed by atoms with van der Waals surface area (Å²) in [5, 5.41) is 3.06. The van der Waals surface area contributed by atoms with Gasteiger partial charge in [-0.15, -0.1) is 0 Å². The lowest BCUT2D eigenvalue weighted by molar-refractivity contribution is -0.127. The van der Waals surface area contributed by atoms with Gasteiger partial charge in [0, 0.05) is 30.8 Å². The number of hydrogen-bond donors (Lipinski definition) is 1. The minimum atomic E-state index is -0.134. The second-order valence-electron chi connectivity index (χ2n) is 7.31. The average molecular weight is 372 g/mol. The first kappa shape index (κ1) is 19.3. The molecule has 6 nitrogen and oxygen atoms in total. The molecular weight excluding hydrogens is 344 g/mol. The SMILES string of the molecule is COc1ccc(C(=O)NC2CCN(C(=O)/C=C(\C)C3CC3)CC2)cc1OC. The quantitative estimate of drug-likeness (QED) is 0.780. The van der Waals surface area contributed by atoms with Gasteiger partial charge in [0.25, 0.3) is 5.91 Å². The number of methoxy groups -OCH3 is 2. The van der Waals surface area contributed by atoms with Crippen LogP contribution in [0.4, 0.5) is 0 Å². The topological polar surface area (TPSA) is 67.9 Å². The van der Waals surface area contributed by atoms with Gasteiger partial charge in [0.15, 0.2) is 11.5 Å². The van der Waals surface area contributed by atoms with E-state index in [-0.39, 0.29) is 17.9 Å². The lowest BCUT2D eigenvalue weighted by Crippen LogP contribution is -2.46. The van der Waals surface area contributed by atoms with Gasteiger partial charge in [-0.2, -0.15) is 0 Å². The molecule has 0 radical (unpaired) electrons. The molecule has 6 heteroatoms. The van der Waals surface area contributed by atoms with Crippen LogP contribution < -0.4 is 14.8 Å². The molecule has 1 aromatic carbocycles. The summed E-state index contributed by atoms with van der Waals surface area (Å²) < 4.78 is 10.5. The molecule has 1 aromatic rings. The zero-order valence-corrected chi connectivity index (χ0v) is 16.3. The molecule has 1 saturated heterocycles. The fourth-order valence-corrected chi connectivity index (χ4v) is 3.43. The predicted octanol–water partition coefficient (Wildman–Crippen LogP) is 2.78. The number of carbonyl (C=O) groups excluding carboxylic acids is 2. The first-order valence-corrected chi connectivity index (χ1v) is 9.51. The van der Waals surface area contributed by atoms with E-state index in [9.17, 15) is 9.59 Å². The highest BCUT2D eigenvalue weighted by atomic mass is 16.5. The Balaban J connectivity index is 1.52. The highest BCUT2D eigenvalue weighted by Gasteiger charge is 2.26. The van der Waals surface area contributed by atoms with Gasteiger partial charge in [-0.3, -0.25) is 9.59 Å². The van der Waals surface area contributed by atoms with Crippen molar-refractivity contribution in [2.75, 3.05) is 27.3 Å². The van der Waals surface area contributed by atoms with E-state index in [4.69, 9.17) is 9.47 Å². The minimum absolute atomic E-state index is 0.0724. The van der Waals surface area contributed by atoms with Crippen LogP contribution in [0.3, 0.4) is 0 Å². The molecule has 1 aliphatic carbocycles. The van der Waals surface area contributed by atoms with Crippen LogP contribution in [0.1, 0.15) is 43.0 Å². The second-order valence-corrected chi connectivity index (χ2v) is 7.31. The Morgan fingerprint density at radius 2 is 1.74 bits per heavy atom. The molecule has 0 bridgehead atoms. The number of nitrogens with zero attached hydrogens (tertiary/aromatic N) is 1. The fraction of sp³-hybridized carbons (Fsp3) is 0.524. The number of piperidine rings is 1. The lowest BCUT2D eigenvalue weighted by atomic mass is 10.0. The number of amides is 2. The summed E-state index contributed by atoms with van der Waals surface area (Å²) in [7, 11) is 3.11. The van der Waals surface area contributed by atoms with E-state index in [0.29, 0.717) is 36.1 Å². The Hall–Kier alpha value is -2.50. The molecule has 2 fully saturated rings. The van der Waals surface area contributed by atoms with Crippen molar-refractivity contribution in [3.05, 3.63) is 35.4 Å². The number of benzene rings is 1. The van der Waals surface area contributed by atoms with E-state index >= 15 is 0 Å². The van der Waals surface area contributed by atoms with Gasteiger partial charge < -0.3 is 19.7 Å². The van der Waals surface area contributed by atoms with E-state index in [1.165, 1.54) is 18.4 Å². The first-order valence-electron chi connectivity index (χ1n) is 9.51. The molecule has 3 rings (SSSR count). The largest absolute Gasteiger partial charge is 0.493 e. The van der Waals surface area contributed by atoms with Crippen molar-refractivity contribution in [3.8, 4) is 11.5 Å². The zero-order chi connectivity index (χ0) is 19.4. The van der Waals surface area contributed by atoms with Crippen LogP contribution in [0, 0.1) is 5.92 Å². The molecule has 0 atom stereocenters. The fourth-order valence-electron chi connectivity index (χ4n) is 3.43. The molecule has 146 valence electrons. The van der Waals surface area contributed by atoms with Gasteiger partial charge in [-0.25, -0.2) is 0 Å². The lowest BCUT2D eigenvalue weighted by Gasteiger charge is -2.32. The number of rotatable bonds is 6.